The minimum Gasteiger partial charge on any atom is -0.475 e. The molecule has 2 aliphatic heterocycles. The van der Waals surface area contributed by atoms with Crippen molar-refractivity contribution in [2.45, 2.75) is 49.9 Å². The molecule has 0 radical (unpaired) electrons. The van der Waals surface area contributed by atoms with E-state index in [1.54, 1.807) is 0 Å². The number of fused-ring (bicyclic) bond motifs is 3. The predicted molar refractivity (Wildman–Crippen MR) is 101 cm³/mol. The van der Waals surface area contributed by atoms with E-state index in [0.29, 0.717) is 26.1 Å². The van der Waals surface area contributed by atoms with Crippen LogP contribution in [0.1, 0.15) is 23.2 Å². The number of carbonyl (C=O) groups is 2. The van der Waals surface area contributed by atoms with Crippen molar-refractivity contribution in [1.29, 1.82) is 0 Å². The molecule has 188 valence electrons. The lowest BCUT2D eigenvalue weighted by Crippen LogP contribution is -2.58. The summed E-state index contributed by atoms with van der Waals surface area (Å²) in [5, 5.41) is 13.5. The van der Waals surface area contributed by atoms with Gasteiger partial charge in [-0.25, -0.2) is 14.2 Å². The van der Waals surface area contributed by atoms with Gasteiger partial charge in [0.1, 0.15) is 18.0 Å². The van der Waals surface area contributed by atoms with Crippen LogP contribution in [-0.2, 0) is 16.1 Å². The molecule has 1 unspecified atom stereocenters. The molecule has 2 aromatic heterocycles. The van der Waals surface area contributed by atoms with Gasteiger partial charge in [-0.15, -0.1) is 0 Å². The molecule has 15 heteroatoms. The molecule has 3 N–H and O–H groups in total. The van der Waals surface area contributed by atoms with Crippen LogP contribution in [0.3, 0.4) is 0 Å². The minimum atomic E-state index is -5.08. The maximum atomic E-state index is 13.6. The van der Waals surface area contributed by atoms with Crippen molar-refractivity contribution in [2.75, 3.05) is 13.2 Å². The fraction of sp³-hybridized carbons (Fsp3) is 0.526. The lowest BCUT2D eigenvalue weighted by Gasteiger charge is -2.40. The summed E-state index contributed by atoms with van der Waals surface area (Å²) in [6.45, 7) is -0.184. The molecule has 8 nitrogen and oxygen atoms in total. The number of rotatable bonds is 3. The molecule has 0 aliphatic carbocycles. The van der Waals surface area contributed by atoms with Crippen molar-refractivity contribution >= 4 is 22.9 Å². The monoisotopic (exact) mass is 500 g/mol. The van der Waals surface area contributed by atoms with Crippen molar-refractivity contribution in [2.24, 2.45) is 0 Å². The Hall–Kier alpha value is -2.94. The molecule has 34 heavy (non-hydrogen) atoms. The van der Waals surface area contributed by atoms with E-state index in [9.17, 15) is 35.5 Å². The molecule has 2 fully saturated rings. The van der Waals surface area contributed by atoms with Gasteiger partial charge in [0.25, 0.3) is 5.91 Å². The molecule has 3 atom stereocenters. The number of hydrogen-bond acceptors (Lipinski definition) is 5. The van der Waals surface area contributed by atoms with Crippen molar-refractivity contribution in [3.63, 3.8) is 0 Å². The Bertz CT molecular complexity index is 1040. The fourth-order valence-electron chi connectivity index (χ4n) is 3.86. The normalized spacial score (nSPS) is 22.6. The highest BCUT2D eigenvalue weighted by Gasteiger charge is 2.38. The number of carboxylic acids is 1. The Kier molecular flexibility index (Phi) is 7.35. The van der Waals surface area contributed by atoms with E-state index in [1.165, 1.54) is 0 Å². The van der Waals surface area contributed by atoms with E-state index in [2.05, 4.69) is 15.6 Å². The third-order valence-electron chi connectivity index (χ3n) is 5.10. The summed E-state index contributed by atoms with van der Waals surface area (Å²) in [4.78, 5) is 25.4. The molecule has 4 heterocycles. The average Bonchev–Trinajstić information content (AvgIpc) is 3.03. The Morgan fingerprint density at radius 2 is 1.76 bits per heavy atom. The maximum absolute atomic E-state index is 13.6. The van der Waals surface area contributed by atoms with Crippen LogP contribution in [0.2, 0.25) is 0 Å². The number of aliphatic carboxylic acids is 1. The number of halogens is 7. The van der Waals surface area contributed by atoms with Gasteiger partial charge >= 0.3 is 18.3 Å². The summed E-state index contributed by atoms with van der Waals surface area (Å²) < 4.78 is 90.1. The van der Waals surface area contributed by atoms with Crippen molar-refractivity contribution in [3.05, 3.63) is 29.8 Å². The third kappa shape index (κ3) is 6.56. The topological polar surface area (TPSA) is 105 Å². The van der Waals surface area contributed by atoms with Crippen LogP contribution < -0.4 is 10.6 Å². The highest BCUT2D eigenvalue weighted by atomic mass is 19.4. The number of ether oxygens (including phenoxy) is 1. The summed E-state index contributed by atoms with van der Waals surface area (Å²) in [7, 11) is 0. The van der Waals surface area contributed by atoms with Crippen LogP contribution in [0, 0.1) is 5.82 Å². The van der Waals surface area contributed by atoms with Gasteiger partial charge in [-0.1, -0.05) is 0 Å². The third-order valence-corrected chi connectivity index (χ3v) is 5.10. The number of piperidine rings is 1. The van der Waals surface area contributed by atoms with E-state index in [-0.39, 0.29) is 34.7 Å². The number of carbonyl (C=O) groups excluding carboxylic acids is 1. The van der Waals surface area contributed by atoms with E-state index >= 15 is 0 Å². The van der Waals surface area contributed by atoms with Crippen LogP contribution in [0.15, 0.2) is 18.5 Å². The fourth-order valence-corrected chi connectivity index (χ4v) is 3.86. The first-order valence-electron chi connectivity index (χ1n) is 9.89. The van der Waals surface area contributed by atoms with Gasteiger partial charge in [0.05, 0.1) is 25.0 Å². The number of morpholine rings is 1. The Morgan fingerprint density at radius 3 is 2.29 bits per heavy atom. The molecule has 2 saturated heterocycles. The van der Waals surface area contributed by atoms with E-state index in [4.69, 9.17) is 14.6 Å². The molecule has 2 bridgehead atoms. The highest BCUT2D eigenvalue weighted by Crippen LogP contribution is 2.26. The van der Waals surface area contributed by atoms with Crippen LogP contribution in [0.4, 0.5) is 30.7 Å². The maximum Gasteiger partial charge on any atom is 0.490 e. The van der Waals surface area contributed by atoms with E-state index in [1.807, 2.05) is 0 Å². The van der Waals surface area contributed by atoms with Gasteiger partial charge in [-0.3, -0.25) is 4.79 Å². The van der Waals surface area contributed by atoms with Crippen LogP contribution in [-0.4, -0.2) is 70.2 Å². The first-order valence-corrected chi connectivity index (χ1v) is 9.89. The highest BCUT2D eigenvalue weighted by molar-refractivity contribution is 6.06. The van der Waals surface area contributed by atoms with E-state index in [0.717, 1.165) is 23.0 Å². The molecule has 2 aromatic rings. The molecule has 2 aliphatic rings. The van der Waals surface area contributed by atoms with Gasteiger partial charge in [0, 0.05) is 29.7 Å². The number of alkyl halides is 6. The number of aromatic nitrogens is 2. The number of nitrogens with one attached hydrogen (secondary N) is 2. The summed E-state index contributed by atoms with van der Waals surface area (Å²) in [6.07, 6.45) is -6.32. The van der Waals surface area contributed by atoms with Gasteiger partial charge in [-0.2, -0.15) is 26.3 Å². The lowest BCUT2D eigenvalue weighted by atomic mass is 9.92. The summed E-state index contributed by atoms with van der Waals surface area (Å²) in [6, 6.07) is 1.18. The van der Waals surface area contributed by atoms with Gasteiger partial charge in [0.2, 0.25) is 0 Å². The average molecular weight is 500 g/mol. The van der Waals surface area contributed by atoms with E-state index < -0.39 is 36.6 Å². The number of pyridine rings is 1. The Balaban J connectivity index is 0.000000406. The molecular weight excluding hydrogens is 481 g/mol. The number of hydrogen-bond donors (Lipinski definition) is 3. The first-order chi connectivity index (χ1) is 15.7. The summed E-state index contributed by atoms with van der Waals surface area (Å²) in [5.74, 6) is -4.00. The van der Waals surface area contributed by atoms with Gasteiger partial charge in [0.15, 0.2) is 0 Å². The minimum absolute atomic E-state index is 0.0128. The van der Waals surface area contributed by atoms with Crippen molar-refractivity contribution < 1.29 is 50.2 Å². The zero-order valence-corrected chi connectivity index (χ0v) is 17.2. The smallest absolute Gasteiger partial charge is 0.475 e. The molecule has 0 aromatic carbocycles. The van der Waals surface area contributed by atoms with Crippen LogP contribution in [0.25, 0.3) is 11.0 Å². The van der Waals surface area contributed by atoms with Gasteiger partial charge in [-0.05, 0) is 18.9 Å². The quantitative estimate of drug-likeness (QED) is 0.560. The molecular formula is C19H19F7N4O4. The summed E-state index contributed by atoms with van der Waals surface area (Å²) >= 11 is 0. The van der Waals surface area contributed by atoms with Crippen LogP contribution >= 0.6 is 0 Å². The molecule has 0 saturated carbocycles. The zero-order chi connectivity index (χ0) is 25.3. The summed E-state index contributed by atoms with van der Waals surface area (Å²) in [5.41, 5.74) is -0.0874. The Labute approximate surface area is 187 Å². The number of amides is 1. The second-order valence-corrected chi connectivity index (χ2v) is 7.85. The van der Waals surface area contributed by atoms with Crippen LogP contribution in [0.5, 0.6) is 0 Å². The number of carboxylic acid groups (broad SMARTS) is 1. The largest absolute Gasteiger partial charge is 0.490 e. The SMILES string of the molecule is O=C(NC1C[C@H]2COC[C@@H](C1)N2)c1cn(CC(F)(F)F)c2ncc(F)cc12.O=C(O)C(F)(F)F. The second-order valence-electron chi connectivity index (χ2n) is 7.85. The second kappa shape index (κ2) is 9.74. The first kappa shape index (κ1) is 25.7. The van der Waals surface area contributed by atoms with Crippen molar-refractivity contribution in [1.82, 2.24) is 20.2 Å². The number of nitrogens with zero attached hydrogens (tertiary/aromatic N) is 2. The Morgan fingerprint density at radius 1 is 1.18 bits per heavy atom. The molecule has 0 spiro atoms. The van der Waals surface area contributed by atoms with Gasteiger partial charge < -0.3 is 25.0 Å². The lowest BCUT2D eigenvalue weighted by molar-refractivity contribution is -0.192. The predicted octanol–water partition coefficient (Wildman–Crippen LogP) is 2.62. The zero-order valence-electron chi connectivity index (χ0n) is 17.2. The molecule has 1 amide bonds. The standard InChI is InChI=1S/C17H18F4N4O2.C2HF3O2/c18-9-1-13-14(5-25(8-17(19,20)21)15(13)22-4-9)16(26)24-10-2-11-6-27-7-12(3-10)23-11;3-2(4,5)1(6)7/h1,4-5,10-12,23H,2-3,6-8H2,(H,24,26);(H,6,7)/t10?,11-,12+;. The molecule has 4 rings (SSSR count). The van der Waals surface area contributed by atoms with Crippen molar-refractivity contribution in [3.8, 4) is 0 Å².